The van der Waals surface area contributed by atoms with Gasteiger partial charge in [-0.2, -0.15) is 0 Å². The van der Waals surface area contributed by atoms with Crippen molar-refractivity contribution in [2.24, 2.45) is 0 Å². The van der Waals surface area contributed by atoms with E-state index in [9.17, 15) is 0 Å². The molecule has 2 aliphatic carbocycles. The van der Waals surface area contributed by atoms with E-state index in [0.29, 0.717) is 11.8 Å². The minimum Gasteiger partial charge on any atom is -0.0836 e. The van der Waals surface area contributed by atoms with Crippen LogP contribution in [0.5, 0.6) is 0 Å². The van der Waals surface area contributed by atoms with Crippen molar-refractivity contribution in [1.82, 2.24) is 0 Å². The van der Waals surface area contributed by atoms with Crippen molar-refractivity contribution in [3.63, 3.8) is 0 Å². The first-order valence-electron chi connectivity index (χ1n) is 8.20. The van der Waals surface area contributed by atoms with Crippen molar-refractivity contribution in [2.75, 3.05) is 0 Å². The lowest BCUT2D eigenvalue weighted by Gasteiger charge is -2.18. The molecule has 3 aromatic carbocycles. The van der Waals surface area contributed by atoms with Crippen molar-refractivity contribution < 1.29 is 0 Å². The summed E-state index contributed by atoms with van der Waals surface area (Å²) in [4.78, 5) is 0. The van der Waals surface area contributed by atoms with Gasteiger partial charge in [-0.15, -0.1) is 0 Å². The number of halogens is 1. The summed E-state index contributed by atoms with van der Waals surface area (Å²) >= 11 is 4.16. The number of alkyl halides is 1. The van der Waals surface area contributed by atoms with Crippen LogP contribution in [0.3, 0.4) is 0 Å². The molecule has 0 nitrogen and oxygen atoms in total. The highest BCUT2D eigenvalue weighted by Crippen LogP contribution is 2.73. The van der Waals surface area contributed by atoms with Crippen LogP contribution in [0.15, 0.2) is 78.9 Å². The maximum atomic E-state index is 4.16. The van der Waals surface area contributed by atoms with E-state index in [2.05, 4.69) is 94.8 Å². The van der Waals surface area contributed by atoms with Gasteiger partial charge in [0.25, 0.3) is 0 Å². The van der Waals surface area contributed by atoms with Crippen molar-refractivity contribution in [3.8, 4) is 11.1 Å². The van der Waals surface area contributed by atoms with E-state index < -0.39 is 0 Å². The van der Waals surface area contributed by atoms with Crippen LogP contribution in [0.4, 0.5) is 0 Å². The number of fused-ring (bicyclic) bond motifs is 6. The second kappa shape index (κ2) is 4.82. The van der Waals surface area contributed by atoms with Crippen molar-refractivity contribution in [3.05, 3.63) is 95.6 Å². The molecular formula is C22H17Br. The molecule has 3 aromatic rings. The summed E-state index contributed by atoms with van der Waals surface area (Å²) in [5.41, 5.74) is 7.25. The highest BCUT2D eigenvalue weighted by atomic mass is 79.9. The molecule has 1 saturated carbocycles. The summed E-state index contributed by atoms with van der Waals surface area (Å²) in [7, 11) is 0. The average molecular weight is 361 g/mol. The molecule has 112 valence electrons. The van der Waals surface area contributed by atoms with Gasteiger partial charge in [0.15, 0.2) is 0 Å². The maximum Gasteiger partial charge on any atom is 0.0448 e. The van der Waals surface area contributed by atoms with Gasteiger partial charge in [0.1, 0.15) is 0 Å². The smallest absolute Gasteiger partial charge is 0.0448 e. The van der Waals surface area contributed by atoms with Gasteiger partial charge in [0.05, 0.1) is 0 Å². The quantitative estimate of drug-likeness (QED) is 0.497. The zero-order valence-electron chi connectivity index (χ0n) is 12.7. The van der Waals surface area contributed by atoms with Gasteiger partial charge in [-0.05, 0) is 34.2 Å². The fourth-order valence-electron chi connectivity index (χ4n) is 4.44. The molecule has 1 fully saturated rings. The molecule has 23 heavy (non-hydrogen) atoms. The molecule has 0 amide bonds. The van der Waals surface area contributed by atoms with Crippen LogP contribution in [0.25, 0.3) is 11.1 Å². The second-order valence-corrected chi connectivity index (χ2v) is 8.20. The average Bonchev–Trinajstić information content (AvgIpc) is 3.22. The Labute approximate surface area is 145 Å². The summed E-state index contributed by atoms with van der Waals surface area (Å²) < 4.78 is 0.150. The van der Waals surface area contributed by atoms with E-state index in [1.165, 1.54) is 27.8 Å². The minimum atomic E-state index is 0.150. The van der Waals surface area contributed by atoms with Crippen LogP contribution in [-0.4, -0.2) is 4.32 Å². The minimum absolute atomic E-state index is 0.150. The SMILES string of the molecule is BrC1(Cc2ccccc2)[C@@H]2c3ccccc3-c3ccccc3[C@@H]21. The fraction of sp³-hybridized carbons (Fsp3) is 0.182. The Morgan fingerprint density at radius 3 is 1.70 bits per heavy atom. The summed E-state index contributed by atoms with van der Waals surface area (Å²) in [5.74, 6) is 1.16. The number of rotatable bonds is 2. The Balaban J connectivity index is 1.65. The van der Waals surface area contributed by atoms with Crippen LogP contribution in [0.2, 0.25) is 0 Å². The van der Waals surface area contributed by atoms with Gasteiger partial charge in [0.2, 0.25) is 0 Å². The van der Waals surface area contributed by atoms with Crippen molar-refractivity contribution >= 4 is 15.9 Å². The predicted octanol–water partition coefficient (Wildman–Crippen LogP) is 5.92. The second-order valence-electron chi connectivity index (χ2n) is 6.72. The van der Waals surface area contributed by atoms with Crippen LogP contribution >= 0.6 is 15.9 Å². The Hall–Kier alpha value is -1.86. The summed E-state index contributed by atoms with van der Waals surface area (Å²) in [6.45, 7) is 0. The van der Waals surface area contributed by atoms with Crippen molar-refractivity contribution in [2.45, 2.75) is 22.6 Å². The Bertz CT molecular complexity index is 830. The predicted molar refractivity (Wildman–Crippen MR) is 99.2 cm³/mol. The molecule has 0 N–H and O–H groups in total. The van der Waals surface area contributed by atoms with Crippen LogP contribution in [0, 0.1) is 0 Å². The van der Waals surface area contributed by atoms with E-state index in [1.54, 1.807) is 0 Å². The molecule has 2 aliphatic rings. The van der Waals surface area contributed by atoms with E-state index >= 15 is 0 Å². The lowest BCUT2D eigenvalue weighted by atomic mass is 9.86. The number of hydrogen-bond acceptors (Lipinski definition) is 0. The number of benzene rings is 3. The molecule has 0 saturated heterocycles. The van der Waals surface area contributed by atoms with Gasteiger partial charge in [-0.1, -0.05) is 94.8 Å². The van der Waals surface area contributed by atoms with Gasteiger partial charge in [0, 0.05) is 16.2 Å². The molecule has 0 bridgehead atoms. The molecular weight excluding hydrogens is 344 g/mol. The van der Waals surface area contributed by atoms with E-state index in [-0.39, 0.29) is 4.32 Å². The molecule has 5 rings (SSSR count). The van der Waals surface area contributed by atoms with Crippen LogP contribution < -0.4 is 0 Å². The lowest BCUT2D eigenvalue weighted by molar-refractivity contribution is 0.853. The summed E-state index contributed by atoms with van der Waals surface area (Å²) in [6.07, 6.45) is 1.08. The van der Waals surface area contributed by atoms with Crippen molar-refractivity contribution in [1.29, 1.82) is 0 Å². The normalized spacial score (nSPS) is 26.8. The Morgan fingerprint density at radius 2 is 1.13 bits per heavy atom. The molecule has 0 radical (unpaired) electrons. The van der Waals surface area contributed by atoms with Gasteiger partial charge >= 0.3 is 0 Å². The molecule has 3 atom stereocenters. The summed E-state index contributed by atoms with van der Waals surface area (Å²) in [6, 6.07) is 28.7. The Morgan fingerprint density at radius 1 is 0.652 bits per heavy atom. The third-order valence-corrected chi connectivity index (χ3v) is 6.72. The van der Waals surface area contributed by atoms with Crippen LogP contribution in [0.1, 0.15) is 28.5 Å². The first-order valence-corrected chi connectivity index (χ1v) is 8.99. The van der Waals surface area contributed by atoms with Gasteiger partial charge < -0.3 is 0 Å². The zero-order chi connectivity index (χ0) is 15.4. The fourth-order valence-corrected chi connectivity index (χ4v) is 5.65. The largest absolute Gasteiger partial charge is 0.0836 e. The highest BCUT2D eigenvalue weighted by Gasteiger charge is 2.66. The first-order chi connectivity index (χ1) is 11.3. The standard InChI is InChI=1S/C22H17Br/c23-22(14-15-8-2-1-3-9-15)20-18-12-6-4-10-16(18)17-11-5-7-13-19(17)21(20)22/h1-13,20-21H,14H2/t20-,21+,22?. The third-order valence-electron chi connectivity index (χ3n) is 5.46. The molecule has 0 heterocycles. The van der Waals surface area contributed by atoms with Gasteiger partial charge in [-0.3, -0.25) is 0 Å². The van der Waals surface area contributed by atoms with E-state index in [1.807, 2.05) is 0 Å². The van der Waals surface area contributed by atoms with Gasteiger partial charge in [-0.25, -0.2) is 0 Å². The highest BCUT2D eigenvalue weighted by molar-refractivity contribution is 9.10. The monoisotopic (exact) mass is 360 g/mol. The topological polar surface area (TPSA) is 0 Å². The molecule has 1 unspecified atom stereocenters. The third kappa shape index (κ3) is 1.89. The lowest BCUT2D eigenvalue weighted by Crippen LogP contribution is -2.07. The van der Waals surface area contributed by atoms with E-state index in [0.717, 1.165) is 6.42 Å². The maximum absolute atomic E-state index is 4.16. The molecule has 1 heteroatoms. The van der Waals surface area contributed by atoms with E-state index in [4.69, 9.17) is 0 Å². The molecule has 0 aromatic heterocycles. The zero-order valence-corrected chi connectivity index (χ0v) is 14.3. The Kier molecular flexibility index (Phi) is 2.84. The molecule has 0 aliphatic heterocycles. The molecule has 0 spiro atoms. The number of hydrogen-bond donors (Lipinski definition) is 0. The van der Waals surface area contributed by atoms with Crippen LogP contribution in [-0.2, 0) is 6.42 Å². The summed E-state index contributed by atoms with van der Waals surface area (Å²) in [5, 5.41) is 0. The first kappa shape index (κ1) is 13.6.